The van der Waals surface area contributed by atoms with Crippen LogP contribution in [-0.2, 0) is 6.42 Å². The van der Waals surface area contributed by atoms with Gasteiger partial charge in [0.15, 0.2) is 5.58 Å². The largest absolute Gasteiger partial charge is 0.436 e. The Morgan fingerprint density at radius 3 is 2.34 bits per heavy atom. The summed E-state index contributed by atoms with van der Waals surface area (Å²) >= 11 is 0. The second kappa shape index (κ2) is 6.41. The van der Waals surface area contributed by atoms with Crippen LogP contribution in [-0.4, -0.2) is 16.8 Å². The molecule has 3 aromatic carbocycles. The Kier molecular flexibility index (Phi) is 3.84. The van der Waals surface area contributed by atoms with E-state index in [1.807, 2.05) is 37.3 Å². The lowest BCUT2D eigenvalue weighted by Crippen LogP contribution is -2.30. The number of imide groups is 1. The number of amides is 2. The van der Waals surface area contributed by atoms with Gasteiger partial charge in [0.25, 0.3) is 11.8 Å². The molecule has 142 valence electrons. The molecule has 5 heteroatoms. The normalized spacial score (nSPS) is 13.4. The minimum atomic E-state index is -0.309. The first-order valence-corrected chi connectivity index (χ1v) is 9.55. The fraction of sp³-hybridized carbons (Fsp3) is 0.125. The van der Waals surface area contributed by atoms with Crippen molar-refractivity contribution in [1.82, 2.24) is 4.98 Å². The number of hydrogen-bond donors (Lipinski definition) is 0. The van der Waals surface area contributed by atoms with Gasteiger partial charge >= 0.3 is 0 Å². The minimum Gasteiger partial charge on any atom is -0.436 e. The van der Waals surface area contributed by atoms with Crippen molar-refractivity contribution in [1.29, 1.82) is 0 Å². The van der Waals surface area contributed by atoms with Gasteiger partial charge in [-0.2, -0.15) is 0 Å². The van der Waals surface area contributed by atoms with Gasteiger partial charge in [-0.15, -0.1) is 0 Å². The summed E-state index contributed by atoms with van der Waals surface area (Å²) in [4.78, 5) is 31.6. The molecule has 0 fully saturated rings. The Balaban J connectivity index is 1.60. The topological polar surface area (TPSA) is 63.4 Å². The molecule has 0 atom stereocenters. The predicted octanol–water partition coefficient (Wildman–Crippen LogP) is 5.17. The van der Waals surface area contributed by atoms with E-state index in [4.69, 9.17) is 4.42 Å². The smallest absolute Gasteiger partial charge is 0.266 e. The molecule has 1 aliphatic heterocycles. The Morgan fingerprint density at radius 2 is 1.66 bits per heavy atom. The van der Waals surface area contributed by atoms with Gasteiger partial charge in [0, 0.05) is 5.56 Å². The third kappa shape index (κ3) is 2.66. The van der Waals surface area contributed by atoms with Crippen LogP contribution in [0.5, 0.6) is 0 Å². The average molecular weight is 382 g/mol. The second-order valence-corrected chi connectivity index (χ2v) is 7.17. The third-order valence-corrected chi connectivity index (χ3v) is 5.35. The lowest BCUT2D eigenvalue weighted by molar-refractivity contribution is 0.0926. The van der Waals surface area contributed by atoms with E-state index >= 15 is 0 Å². The van der Waals surface area contributed by atoms with E-state index in [0.29, 0.717) is 28.3 Å². The molecule has 0 aliphatic carbocycles. The van der Waals surface area contributed by atoms with Crippen LogP contribution in [0.3, 0.4) is 0 Å². The van der Waals surface area contributed by atoms with E-state index < -0.39 is 0 Å². The molecule has 1 aliphatic rings. The van der Waals surface area contributed by atoms with E-state index in [2.05, 4.69) is 11.9 Å². The quantitative estimate of drug-likeness (QED) is 0.459. The van der Waals surface area contributed by atoms with Crippen LogP contribution in [0.2, 0.25) is 0 Å². The van der Waals surface area contributed by atoms with E-state index in [1.54, 1.807) is 30.3 Å². The number of benzene rings is 3. The predicted molar refractivity (Wildman–Crippen MR) is 111 cm³/mol. The maximum Gasteiger partial charge on any atom is 0.266 e. The van der Waals surface area contributed by atoms with Crippen molar-refractivity contribution >= 4 is 28.6 Å². The number of carbonyl (C=O) groups excluding carboxylic acids is 2. The fourth-order valence-corrected chi connectivity index (χ4v) is 3.71. The third-order valence-electron chi connectivity index (χ3n) is 5.35. The Morgan fingerprint density at radius 1 is 0.931 bits per heavy atom. The van der Waals surface area contributed by atoms with Crippen LogP contribution in [0, 0.1) is 6.92 Å². The molecule has 1 aromatic heterocycles. The van der Waals surface area contributed by atoms with Crippen molar-refractivity contribution in [2.45, 2.75) is 20.3 Å². The maximum atomic E-state index is 12.9. The number of carbonyl (C=O) groups is 2. The van der Waals surface area contributed by atoms with E-state index in [1.165, 1.54) is 10.5 Å². The van der Waals surface area contributed by atoms with Gasteiger partial charge in [-0.3, -0.25) is 9.59 Å². The first-order valence-electron chi connectivity index (χ1n) is 9.55. The number of oxazole rings is 1. The molecule has 29 heavy (non-hydrogen) atoms. The zero-order valence-corrected chi connectivity index (χ0v) is 16.1. The highest BCUT2D eigenvalue weighted by molar-refractivity contribution is 6.34. The Labute approximate surface area is 167 Å². The molecule has 0 saturated heterocycles. The lowest BCUT2D eigenvalue weighted by atomic mass is 10.1. The van der Waals surface area contributed by atoms with Gasteiger partial charge in [-0.25, -0.2) is 9.88 Å². The summed E-state index contributed by atoms with van der Waals surface area (Å²) in [6.45, 7) is 3.97. The zero-order valence-electron chi connectivity index (χ0n) is 16.1. The summed E-state index contributed by atoms with van der Waals surface area (Å²) in [5, 5.41) is 0. The number of aromatic nitrogens is 1. The summed E-state index contributed by atoms with van der Waals surface area (Å²) in [5.74, 6) is -0.155. The van der Waals surface area contributed by atoms with Crippen molar-refractivity contribution in [3.05, 3.63) is 82.9 Å². The van der Waals surface area contributed by atoms with Crippen LogP contribution in [0.1, 0.15) is 38.8 Å². The van der Waals surface area contributed by atoms with Crippen LogP contribution in [0.25, 0.3) is 22.6 Å². The highest BCUT2D eigenvalue weighted by Gasteiger charge is 2.37. The molecule has 0 spiro atoms. The van der Waals surface area contributed by atoms with Gasteiger partial charge in [0.2, 0.25) is 5.89 Å². The summed E-state index contributed by atoms with van der Waals surface area (Å²) < 4.78 is 5.93. The lowest BCUT2D eigenvalue weighted by Gasteiger charge is -2.17. The number of aryl methyl sites for hydroxylation is 2. The van der Waals surface area contributed by atoms with Gasteiger partial charge in [0.05, 0.1) is 16.8 Å². The number of anilines is 1. The molecular weight excluding hydrogens is 364 g/mol. The van der Waals surface area contributed by atoms with Crippen LogP contribution in [0.4, 0.5) is 5.69 Å². The Hall–Kier alpha value is -3.73. The van der Waals surface area contributed by atoms with Crippen molar-refractivity contribution in [3.8, 4) is 11.5 Å². The summed E-state index contributed by atoms with van der Waals surface area (Å²) in [5.41, 5.74) is 5.64. The monoisotopic (exact) mass is 382 g/mol. The molecule has 0 saturated carbocycles. The van der Waals surface area contributed by atoms with E-state index in [-0.39, 0.29) is 11.8 Å². The zero-order chi connectivity index (χ0) is 20.1. The SMILES string of the molecule is CCc1ccc2oc(-c3ccc(C)c(N4C(=O)c5ccccc5C4=O)c3)nc2c1. The van der Waals surface area contributed by atoms with Crippen LogP contribution >= 0.6 is 0 Å². The molecule has 0 radical (unpaired) electrons. The molecule has 2 heterocycles. The number of nitrogens with zero attached hydrogens (tertiary/aromatic N) is 2. The first kappa shape index (κ1) is 17.4. The van der Waals surface area contributed by atoms with Crippen molar-refractivity contribution in [3.63, 3.8) is 0 Å². The molecule has 0 bridgehead atoms. The average Bonchev–Trinajstić information content (AvgIpc) is 3.28. The van der Waals surface area contributed by atoms with Crippen LogP contribution < -0.4 is 4.90 Å². The highest BCUT2D eigenvalue weighted by Crippen LogP contribution is 2.34. The Bertz CT molecular complexity index is 1270. The first-order chi connectivity index (χ1) is 14.1. The van der Waals surface area contributed by atoms with Crippen molar-refractivity contribution in [2.75, 3.05) is 4.90 Å². The summed E-state index contributed by atoms with van der Waals surface area (Å²) in [7, 11) is 0. The standard InChI is InChI=1S/C24H18N2O3/c1-3-15-9-11-21-19(12-15)25-22(29-21)16-10-8-14(2)20(13-16)26-23(27)17-6-4-5-7-18(17)24(26)28/h4-13H,3H2,1-2H3. The molecular formula is C24H18N2O3. The molecule has 0 unspecified atom stereocenters. The summed E-state index contributed by atoms with van der Waals surface area (Å²) in [6, 6.07) is 18.4. The second-order valence-electron chi connectivity index (χ2n) is 7.17. The van der Waals surface area contributed by atoms with Crippen molar-refractivity contribution < 1.29 is 14.0 Å². The number of hydrogen-bond acceptors (Lipinski definition) is 4. The fourth-order valence-electron chi connectivity index (χ4n) is 3.71. The highest BCUT2D eigenvalue weighted by atomic mass is 16.3. The molecule has 0 N–H and O–H groups in total. The van der Waals surface area contributed by atoms with Gasteiger partial charge in [0.1, 0.15) is 5.52 Å². The minimum absolute atomic E-state index is 0.309. The molecule has 5 rings (SSSR count). The summed E-state index contributed by atoms with van der Waals surface area (Å²) in [6.07, 6.45) is 0.923. The molecule has 2 amide bonds. The van der Waals surface area contributed by atoms with Crippen molar-refractivity contribution in [2.24, 2.45) is 0 Å². The maximum absolute atomic E-state index is 12.9. The molecule has 4 aromatic rings. The van der Waals surface area contributed by atoms with E-state index in [0.717, 1.165) is 23.1 Å². The number of fused-ring (bicyclic) bond motifs is 2. The van der Waals surface area contributed by atoms with Gasteiger partial charge < -0.3 is 4.42 Å². The van der Waals surface area contributed by atoms with Crippen LogP contribution in [0.15, 0.2) is 65.1 Å². The van der Waals surface area contributed by atoms with Gasteiger partial charge in [-0.1, -0.05) is 31.2 Å². The van der Waals surface area contributed by atoms with E-state index in [9.17, 15) is 9.59 Å². The number of rotatable bonds is 3. The van der Waals surface area contributed by atoms with Gasteiger partial charge in [-0.05, 0) is 60.9 Å². The molecule has 5 nitrogen and oxygen atoms in total.